The minimum absolute atomic E-state index is 0.124. The molecule has 0 aliphatic heterocycles. The zero-order valence-corrected chi connectivity index (χ0v) is 12.3. The summed E-state index contributed by atoms with van der Waals surface area (Å²) in [6.45, 7) is 4.77. The van der Waals surface area contributed by atoms with Gasteiger partial charge in [0.15, 0.2) is 0 Å². The highest BCUT2D eigenvalue weighted by Crippen LogP contribution is 2.33. The van der Waals surface area contributed by atoms with Crippen molar-refractivity contribution in [2.24, 2.45) is 0 Å². The number of nitriles is 1. The SMILES string of the molecule is CCN(CCC#N)C(=O)c1sc2nc(C)ccc2c1N. The molecule has 0 saturated carbocycles. The number of rotatable bonds is 4. The van der Waals surface area contributed by atoms with E-state index < -0.39 is 0 Å². The zero-order chi connectivity index (χ0) is 14.7. The lowest BCUT2D eigenvalue weighted by molar-refractivity contribution is 0.0773. The van der Waals surface area contributed by atoms with Crippen molar-refractivity contribution in [2.75, 3.05) is 18.8 Å². The highest BCUT2D eigenvalue weighted by Gasteiger charge is 2.21. The van der Waals surface area contributed by atoms with E-state index in [-0.39, 0.29) is 5.91 Å². The lowest BCUT2D eigenvalue weighted by Gasteiger charge is -2.18. The smallest absolute Gasteiger partial charge is 0.266 e. The van der Waals surface area contributed by atoms with E-state index >= 15 is 0 Å². The number of carbonyl (C=O) groups excluding carboxylic acids is 1. The van der Waals surface area contributed by atoms with E-state index in [4.69, 9.17) is 11.0 Å². The Morgan fingerprint density at radius 2 is 2.30 bits per heavy atom. The molecule has 0 spiro atoms. The van der Waals surface area contributed by atoms with Crippen LogP contribution in [0.1, 0.15) is 28.7 Å². The normalized spacial score (nSPS) is 10.4. The van der Waals surface area contributed by atoms with Gasteiger partial charge < -0.3 is 10.6 Å². The van der Waals surface area contributed by atoms with Crippen molar-refractivity contribution >= 4 is 33.1 Å². The van der Waals surface area contributed by atoms with E-state index in [1.807, 2.05) is 26.0 Å². The molecule has 0 saturated heterocycles. The van der Waals surface area contributed by atoms with Crippen LogP contribution in [0.4, 0.5) is 5.69 Å². The monoisotopic (exact) mass is 288 g/mol. The van der Waals surface area contributed by atoms with Crippen LogP contribution in [0.2, 0.25) is 0 Å². The predicted octanol–water partition coefficient (Wildman–Crippen LogP) is 2.56. The van der Waals surface area contributed by atoms with Gasteiger partial charge in [0.25, 0.3) is 5.91 Å². The second-order valence-electron chi connectivity index (χ2n) is 4.44. The number of nitrogens with zero attached hydrogens (tertiary/aromatic N) is 3. The largest absolute Gasteiger partial charge is 0.397 e. The van der Waals surface area contributed by atoms with E-state index in [2.05, 4.69) is 11.1 Å². The number of nitrogen functional groups attached to an aromatic ring is 1. The molecule has 20 heavy (non-hydrogen) atoms. The number of fused-ring (bicyclic) bond motifs is 1. The van der Waals surface area contributed by atoms with Crippen LogP contribution in [0.3, 0.4) is 0 Å². The molecule has 1 amide bonds. The van der Waals surface area contributed by atoms with Crippen molar-refractivity contribution in [2.45, 2.75) is 20.3 Å². The Morgan fingerprint density at radius 1 is 1.55 bits per heavy atom. The topological polar surface area (TPSA) is 83.0 Å². The first kappa shape index (κ1) is 14.3. The van der Waals surface area contributed by atoms with Gasteiger partial charge in [0, 0.05) is 24.2 Å². The molecule has 0 aliphatic carbocycles. The average molecular weight is 288 g/mol. The number of aromatic nitrogens is 1. The van der Waals surface area contributed by atoms with Crippen molar-refractivity contribution in [3.8, 4) is 6.07 Å². The number of carbonyl (C=O) groups is 1. The van der Waals surface area contributed by atoms with Gasteiger partial charge in [0.1, 0.15) is 9.71 Å². The summed E-state index contributed by atoms with van der Waals surface area (Å²) in [6.07, 6.45) is 0.321. The summed E-state index contributed by atoms with van der Waals surface area (Å²) in [5.74, 6) is -0.124. The number of thiophene rings is 1. The Labute approximate surface area is 121 Å². The van der Waals surface area contributed by atoms with Gasteiger partial charge in [-0.05, 0) is 26.0 Å². The summed E-state index contributed by atoms with van der Waals surface area (Å²) < 4.78 is 0. The molecular formula is C14H16N4OS. The third-order valence-electron chi connectivity index (χ3n) is 3.09. The minimum atomic E-state index is -0.124. The summed E-state index contributed by atoms with van der Waals surface area (Å²) in [4.78, 5) is 19.8. The summed E-state index contributed by atoms with van der Waals surface area (Å²) in [6, 6.07) is 5.83. The van der Waals surface area contributed by atoms with Crippen LogP contribution in [-0.4, -0.2) is 28.9 Å². The van der Waals surface area contributed by atoms with Crippen LogP contribution < -0.4 is 5.73 Å². The molecule has 2 N–H and O–H groups in total. The molecule has 0 aromatic carbocycles. The number of pyridine rings is 1. The fraction of sp³-hybridized carbons (Fsp3) is 0.357. The van der Waals surface area contributed by atoms with Crippen molar-refractivity contribution < 1.29 is 4.79 Å². The predicted molar refractivity (Wildman–Crippen MR) is 80.6 cm³/mol. The molecule has 5 nitrogen and oxygen atoms in total. The molecular weight excluding hydrogens is 272 g/mol. The van der Waals surface area contributed by atoms with E-state index in [9.17, 15) is 4.79 Å². The molecule has 0 radical (unpaired) electrons. The summed E-state index contributed by atoms with van der Waals surface area (Å²) in [7, 11) is 0. The molecule has 2 aromatic heterocycles. The first-order chi connectivity index (χ1) is 9.58. The molecule has 2 heterocycles. The van der Waals surface area contributed by atoms with Crippen LogP contribution in [-0.2, 0) is 0 Å². The molecule has 2 aromatic rings. The second-order valence-corrected chi connectivity index (χ2v) is 5.44. The molecule has 0 aliphatic rings. The van der Waals surface area contributed by atoms with E-state index in [0.29, 0.717) is 30.1 Å². The summed E-state index contributed by atoms with van der Waals surface area (Å²) in [5, 5.41) is 9.46. The number of amides is 1. The van der Waals surface area contributed by atoms with Gasteiger partial charge >= 0.3 is 0 Å². The van der Waals surface area contributed by atoms with Crippen molar-refractivity contribution in [1.29, 1.82) is 5.26 Å². The maximum absolute atomic E-state index is 12.5. The van der Waals surface area contributed by atoms with Gasteiger partial charge in [-0.15, -0.1) is 11.3 Å². The summed E-state index contributed by atoms with van der Waals surface area (Å²) >= 11 is 1.31. The average Bonchev–Trinajstić information content (AvgIpc) is 2.76. The van der Waals surface area contributed by atoms with Crippen molar-refractivity contribution in [1.82, 2.24) is 9.88 Å². The van der Waals surface area contributed by atoms with Gasteiger partial charge in [-0.1, -0.05) is 0 Å². The van der Waals surface area contributed by atoms with E-state index in [1.54, 1.807) is 4.90 Å². The highest BCUT2D eigenvalue weighted by molar-refractivity contribution is 7.21. The Balaban J connectivity index is 2.39. The van der Waals surface area contributed by atoms with E-state index in [0.717, 1.165) is 15.9 Å². The Kier molecular flexibility index (Phi) is 4.20. The van der Waals surface area contributed by atoms with Crippen LogP contribution >= 0.6 is 11.3 Å². The number of hydrogen-bond acceptors (Lipinski definition) is 5. The van der Waals surface area contributed by atoms with Gasteiger partial charge in [-0.25, -0.2) is 4.98 Å². The zero-order valence-electron chi connectivity index (χ0n) is 11.5. The minimum Gasteiger partial charge on any atom is -0.397 e. The van der Waals surface area contributed by atoms with Crippen LogP contribution in [0, 0.1) is 18.3 Å². The van der Waals surface area contributed by atoms with Gasteiger partial charge in [0.05, 0.1) is 18.2 Å². The van der Waals surface area contributed by atoms with Crippen molar-refractivity contribution in [3.63, 3.8) is 0 Å². The first-order valence-electron chi connectivity index (χ1n) is 6.40. The van der Waals surface area contributed by atoms with Crippen molar-refractivity contribution in [3.05, 3.63) is 22.7 Å². The lowest BCUT2D eigenvalue weighted by atomic mass is 10.2. The van der Waals surface area contributed by atoms with Crippen LogP contribution in [0.15, 0.2) is 12.1 Å². The van der Waals surface area contributed by atoms with Gasteiger partial charge in [-0.2, -0.15) is 5.26 Å². The maximum atomic E-state index is 12.5. The molecule has 104 valence electrons. The number of nitrogens with two attached hydrogens (primary N) is 1. The van der Waals surface area contributed by atoms with E-state index in [1.165, 1.54) is 11.3 Å². The third-order valence-corrected chi connectivity index (χ3v) is 4.19. The van der Waals surface area contributed by atoms with Gasteiger partial charge in [-0.3, -0.25) is 4.79 Å². The number of anilines is 1. The fourth-order valence-electron chi connectivity index (χ4n) is 1.98. The Morgan fingerprint density at radius 3 is 2.95 bits per heavy atom. The van der Waals surface area contributed by atoms with Gasteiger partial charge in [0.2, 0.25) is 0 Å². The Bertz CT molecular complexity index is 686. The number of hydrogen-bond donors (Lipinski definition) is 1. The number of aryl methyl sites for hydroxylation is 1. The highest BCUT2D eigenvalue weighted by atomic mass is 32.1. The maximum Gasteiger partial charge on any atom is 0.266 e. The molecule has 0 atom stereocenters. The second kappa shape index (κ2) is 5.88. The molecule has 0 unspecified atom stereocenters. The fourth-order valence-corrected chi connectivity index (χ4v) is 3.09. The summed E-state index contributed by atoms with van der Waals surface area (Å²) in [5.41, 5.74) is 7.45. The molecule has 0 bridgehead atoms. The molecule has 2 rings (SSSR count). The lowest BCUT2D eigenvalue weighted by Crippen LogP contribution is -2.31. The Hall–Kier alpha value is -2.13. The van der Waals surface area contributed by atoms with Crippen LogP contribution in [0.25, 0.3) is 10.2 Å². The first-order valence-corrected chi connectivity index (χ1v) is 7.22. The standard InChI is InChI=1S/C14H16N4OS/c1-3-18(8-4-7-15)14(19)12-11(16)10-6-5-9(2)17-13(10)20-12/h5-6H,3-4,8,16H2,1-2H3. The molecule has 6 heteroatoms. The van der Waals surface area contributed by atoms with Crippen LogP contribution in [0.5, 0.6) is 0 Å². The third kappa shape index (κ3) is 2.58. The molecule has 0 fully saturated rings. The quantitative estimate of drug-likeness (QED) is 0.937.